The SMILES string of the molecule is CCc1ccc(CC(O)C2CC3CC3C2)s1. The Morgan fingerprint density at radius 3 is 2.56 bits per heavy atom. The fourth-order valence-corrected chi connectivity index (χ4v) is 4.18. The first kappa shape index (κ1) is 10.8. The molecule has 0 spiro atoms. The summed E-state index contributed by atoms with van der Waals surface area (Å²) < 4.78 is 0. The van der Waals surface area contributed by atoms with Crippen LogP contribution in [0.3, 0.4) is 0 Å². The van der Waals surface area contributed by atoms with E-state index in [9.17, 15) is 5.11 Å². The standard InChI is InChI=1S/C14H20OS/c1-2-12-3-4-13(16-12)8-14(15)11-6-9-5-10(9)7-11/h3-4,9-11,14-15H,2,5-8H2,1H3. The maximum absolute atomic E-state index is 10.2. The number of thiophene rings is 1. The minimum atomic E-state index is -0.0869. The third-order valence-corrected chi connectivity index (χ3v) is 5.55. The van der Waals surface area contributed by atoms with Crippen molar-refractivity contribution in [3.8, 4) is 0 Å². The molecule has 2 saturated carbocycles. The van der Waals surface area contributed by atoms with E-state index < -0.39 is 0 Å². The minimum absolute atomic E-state index is 0.0869. The molecule has 16 heavy (non-hydrogen) atoms. The molecule has 2 aliphatic rings. The van der Waals surface area contributed by atoms with Crippen molar-refractivity contribution in [1.29, 1.82) is 0 Å². The van der Waals surface area contributed by atoms with Gasteiger partial charge in [-0.25, -0.2) is 0 Å². The first-order valence-electron chi connectivity index (χ1n) is 6.52. The van der Waals surface area contributed by atoms with Gasteiger partial charge in [0.15, 0.2) is 0 Å². The zero-order valence-corrected chi connectivity index (χ0v) is 10.7. The maximum atomic E-state index is 10.2. The van der Waals surface area contributed by atoms with E-state index in [0.29, 0.717) is 5.92 Å². The van der Waals surface area contributed by atoms with Crippen molar-refractivity contribution >= 4 is 11.3 Å². The predicted molar refractivity (Wildman–Crippen MR) is 67.7 cm³/mol. The van der Waals surface area contributed by atoms with Crippen LogP contribution < -0.4 is 0 Å². The van der Waals surface area contributed by atoms with Gasteiger partial charge < -0.3 is 5.11 Å². The second kappa shape index (κ2) is 4.15. The first-order chi connectivity index (χ1) is 7.76. The number of hydrogen-bond acceptors (Lipinski definition) is 2. The smallest absolute Gasteiger partial charge is 0.0616 e. The van der Waals surface area contributed by atoms with E-state index in [1.165, 1.54) is 29.0 Å². The average Bonchev–Trinajstić information content (AvgIpc) is 2.74. The van der Waals surface area contributed by atoms with Gasteiger partial charge in [0.25, 0.3) is 0 Å². The highest BCUT2D eigenvalue weighted by Gasteiger charge is 2.47. The molecule has 1 N–H and O–H groups in total. The van der Waals surface area contributed by atoms with Crippen LogP contribution in [0.1, 0.15) is 35.9 Å². The van der Waals surface area contributed by atoms with Crippen LogP contribution in [0.2, 0.25) is 0 Å². The van der Waals surface area contributed by atoms with Gasteiger partial charge in [-0.05, 0) is 55.6 Å². The molecule has 1 nitrogen and oxygen atoms in total. The van der Waals surface area contributed by atoms with Crippen LogP contribution in [0.15, 0.2) is 12.1 Å². The van der Waals surface area contributed by atoms with Crippen LogP contribution in [-0.2, 0) is 12.8 Å². The molecule has 3 rings (SSSR count). The lowest BCUT2D eigenvalue weighted by Crippen LogP contribution is -2.21. The van der Waals surface area contributed by atoms with Crippen LogP contribution in [0.5, 0.6) is 0 Å². The van der Waals surface area contributed by atoms with Crippen molar-refractivity contribution in [2.45, 2.75) is 45.1 Å². The number of fused-ring (bicyclic) bond motifs is 1. The zero-order valence-electron chi connectivity index (χ0n) is 9.86. The fraction of sp³-hybridized carbons (Fsp3) is 0.714. The third-order valence-electron chi connectivity index (χ3n) is 4.30. The Labute approximate surface area is 102 Å². The second-order valence-electron chi connectivity index (χ2n) is 5.48. The highest BCUT2D eigenvalue weighted by molar-refractivity contribution is 7.11. The number of hydrogen-bond donors (Lipinski definition) is 1. The molecular formula is C14H20OS. The Morgan fingerprint density at radius 1 is 1.25 bits per heavy atom. The Morgan fingerprint density at radius 2 is 1.94 bits per heavy atom. The Balaban J connectivity index is 1.57. The molecule has 3 unspecified atom stereocenters. The zero-order chi connectivity index (χ0) is 11.1. The molecule has 2 aliphatic carbocycles. The monoisotopic (exact) mass is 236 g/mol. The van der Waals surface area contributed by atoms with E-state index in [2.05, 4.69) is 19.1 Å². The van der Waals surface area contributed by atoms with Crippen LogP contribution in [0, 0.1) is 17.8 Å². The molecule has 1 heterocycles. The molecule has 0 radical (unpaired) electrons. The van der Waals surface area contributed by atoms with E-state index in [-0.39, 0.29) is 6.10 Å². The largest absolute Gasteiger partial charge is 0.392 e. The fourth-order valence-electron chi connectivity index (χ4n) is 3.17. The van der Waals surface area contributed by atoms with E-state index in [4.69, 9.17) is 0 Å². The molecule has 0 aliphatic heterocycles. The number of aliphatic hydroxyl groups is 1. The van der Waals surface area contributed by atoms with Gasteiger partial charge in [0, 0.05) is 16.2 Å². The highest BCUT2D eigenvalue weighted by Crippen LogP contribution is 2.55. The number of aliphatic hydroxyl groups excluding tert-OH is 1. The summed E-state index contributed by atoms with van der Waals surface area (Å²) >= 11 is 1.87. The number of rotatable bonds is 4. The van der Waals surface area contributed by atoms with Crippen molar-refractivity contribution in [2.75, 3.05) is 0 Å². The van der Waals surface area contributed by atoms with Crippen LogP contribution in [0.4, 0.5) is 0 Å². The summed E-state index contributed by atoms with van der Waals surface area (Å²) in [5, 5.41) is 10.2. The summed E-state index contributed by atoms with van der Waals surface area (Å²) in [4.78, 5) is 2.81. The van der Waals surface area contributed by atoms with Crippen molar-refractivity contribution in [1.82, 2.24) is 0 Å². The Hall–Kier alpha value is -0.340. The van der Waals surface area contributed by atoms with Gasteiger partial charge >= 0.3 is 0 Å². The highest BCUT2D eigenvalue weighted by atomic mass is 32.1. The van der Waals surface area contributed by atoms with Gasteiger partial charge in [-0.2, -0.15) is 0 Å². The predicted octanol–water partition coefficient (Wildman–Crippen LogP) is 3.26. The first-order valence-corrected chi connectivity index (χ1v) is 7.33. The van der Waals surface area contributed by atoms with Crippen molar-refractivity contribution in [2.24, 2.45) is 17.8 Å². The molecule has 0 amide bonds. The molecule has 0 bridgehead atoms. The molecule has 0 saturated heterocycles. The summed E-state index contributed by atoms with van der Waals surface area (Å²) in [6.07, 6.45) is 5.94. The van der Waals surface area contributed by atoms with Gasteiger partial charge in [0.2, 0.25) is 0 Å². The lowest BCUT2D eigenvalue weighted by Gasteiger charge is -2.18. The van der Waals surface area contributed by atoms with Crippen LogP contribution in [-0.4, -0.2) is 11.2 Å². The van der Waals surface area contributed by atoms with Crippen molar-refractivity contribution in [3.63, 3.8) is 0 Å². The summed E-state index contributed by atoms with van der Waals surface area (Å²) in [7, 11) is 0. The molecule has 1 aromatic rings. The molecule has 0 aromatic carbocycles. The molecule has 2 heteroatoms. The van der Waals surface area contributed by atoms with Crippen LogP contribution >= 0.6 is 11.3 Å². The lowest BCUT2D eigenvalue weighted by molar-refractivity contribution is 0.105. The summed E-state index contributed by atoms with van der Waals surface area (Å²) in [5.74, 6) is 2.55. The van der Waals surface area contributed by atoms with Crippen molar-refractivity contribution < 1.29 is 5.11 Å². The molecule has 1 aromatic heterocycles. The topological polar surface area (TPSA) is 20.2 Å². The summed E-state index contributed by atoms with van der Waals surface area (Å²) in [6.45, 7) is 2.19. The van der Waals surface area contributed by atoms with Gasteiger partial charge in [-0.1, -0.05) is 6.92 Å². The maximum Gasteiger partial charge on any atom is 0.0616 e. The van der Waals surface area contributed by atoms with E-state index >= 15 is 0 Å². The minimum Gasteiger partial charge on any atom is -0.392 e. The summed E-state index contributed by atoms with van der Waals surface area (Å²) in [5.41, 5.74) is 0. The van der Waals surface area contributed by atoms with Crippen molar-refractivity contribution in [3.05, 3.63) is 21.9 Å². The number of aryl methyl sites for hydroxylation is 1. The van der Waals surface area contributed by atoms with E-state index in [1.807, 2.05) is 11.3 Å². The van der Waals surface area contributed by atoms with E-state index in [1.54, 1.807) is 0 Å². The third kappa shape index (κ3) is 2.05. The quantitative estimate of drug-likeness (QED) is 0.850. The molecule has 3 atom stereocenters. The molecule has 88 valence electrons. The van der Waals surface area contributed by atoms with Gasteiger partial charge in [-0.3, -0.25) is 0 Å². The van der Waals surface area contributed by atoms with Gasteiger partial charge in [-0.15, -0.1) is 11.3 Å². The summed E-state index contributed by atoms with van der Waals surface area (Å²) in [6, 6.07) is 4.40. The molecule has 2 fully saturated rings. The van der Waals surface area contributed by atoms with Gasteiger partial charge in [0.05, 0.1) is 6.10 Å². The Bertz CT molecular complexity index is 361. The Kier molecular flexibility index (Phi) is 2.80. The van der Waals surface area contributed by atoms with Gasteiger partial charge in [0.1, 0.15) is 0 Å². The second-order valence-corrected chi connectivity index (χ2v) is 6.73. The average molecular weight is 236 g/mol. The molecular weight excluding hydrogens is 216 g/mol. The normalized spacial score (nSPS) is 33.8. The van der Waals surface area contributed by atoms with E-state index in [0.717, 1.165) is 24.7 Å². The van der Waals surface area contributed by atoms with Crippen LogP contribution in [0.25, 0.3) is 0 Å². The lowest BCUT2D eigenvalue weighted by atomic mass is 9.94.